The molecule has 29 heavy (non-hydrogen) atoms. The van der Waals surface area contributed by atoms with Crippen LogP contribution in [0.5, 0.6) is 0 Å². The number of nitrogens with zero attached hydrogens (tertiary/aromatic N) is 2. The van der Waals surface area contributed by atoms with Gasteiger partial charge in [-0.15, -0.1) is 0 Å². The largest absolute Gasteiger partial charge is 0.344 e. The molecule has 0 radical (unpaired) electrons. The molecule has 4 rings (SSSR count). The molecule has 5 nitrogen and oxygen atoms in total. The topological polar surface area (TPSA) is 59.3 Å². The van der Waals surface area contributed by atoms with E-state index >= 15 is 0 Å². The summed E-state index contributed by atoms with van der Waals surface area (Å²) in [6.45, 7) is 5.41. The van der Waals surface area contributed by atoms with Crippen LogP contribution in [0.1, 0.15) is 36.5 Å². The summed E-state index contributed by atoms with van der Waals surface area (Å²) in [4.78, 5) is 23.8. The highest BCUT2D eigenvalue weighted by atomic mass is 35.5. The lowest BCUT2D eigenvalue weighted by Crippen LogP contribution is -3.14. The average molecular weight is 410 g/mol. The summed E-state index contributed by atoms with van der Waals surface area (Å²) in [6, 6.07) is 13.0. The van der Waals surface area contributed by atoms with Crippen molar-refractivity contribution in [2.24, 2.45) is 0 Å². The first-order chi connectivity index (χ1) is 14.1. The number of amides is 1. The number of pyridine rings is 2. The van der Waals surface area contributed by atoms with E-state index < -0.39 is 0 Å². The van der Waals surface area contributed by atoms with E-state index in [2.05, 4.69) is 17.2 Å². The Bertz CT molecular complexity index is 1000. The molecule has 1 atom stereocenters. The Morgan fingerprint density at radius 3 is 2.72 bits per heavy atom. The number of carbonyl (C=O) groups is 1. The molecule has 1 aliphatic heterocycles. The van der Waals surface area contributed by atoms with Gasteiger partial charge in [0.25, 0.3) is 5.91 Å². The van der Waals surface area contributed by atoms with Crippen LogP contribution >= 0.6 is 11.6 Å². The van der Waals surface area contributed by atoms with E-state index in [1.807, 2.05) is 36.4 Å². The smallest absolute Gasteiger partial charge is 0.252 e. The molecule has 0 bridgehead atoms. The zero-order valence-electron chi connectivity index (χ0n) is 16.6. The molecule has 3 aromatic rings. The lowest BCUT2D eigenvalue weighted by molar-refractivity contribution is -0.905. The fraction of sp³-hybridized carbons (Fsp3) is 0.348. The number of halogens is 1. The number of carbonyl (C=O) groups excluding carboxylic acids is 1. The Labute approximate surface area is 176 Å². The van der Waals surface area contributed by atoms with Crippen LogP contribution in [0.25, 0.3) is 22.3 Å². The van der Waals surface area contributed by atoms with Gasteiger partial charge in [0.15, 0.2) is 0 Å². The van der Waals surface area contributed by atoms with Crippen molar-refractivity contribution >= 4 is 28.4 Å². The average Bonchev–Trinajstić information content (AvgIpc) is 2.74. The summed E-state index contributed by atoms with van der Waals surface area (Å²) in [5.41, 5.74) is 2.74. The van der Waals surface area contributed by atoms with Gasteiger partial charge >= 0.3 is 0 Å². The SMILES string of the molecule is C[C@H](C[NH+]1CCCCC1)NC(=O)c1cc(-c2ccccn2)nc2ccc(Cl)cc12. The monoisotopic (exact) mass is 409 g/mol. The van der Waals surface area contributed by atoms with Gasteiger partial charge in [-0.25, -0.2) is 4.98 Å². The maximum Gasteiger partial charge on any atom is 0.252 e. The highest BCUT2D eigenvalue weighted by molar-refractivity contribution is 6.31. The molecule has 3 heterocycles. The maximum absolute atomic E-state index is 13.2. The Balaban J connectivity index is 1.63. The summed E-state index contributed by atoms with van der Waals surface area (Å²) in [6.07, 6.45) is 5.60. The van der Waals surface area contributed by atoms with E-state index in [4.69, 9.17) is 16.6 Å². The highest BCUT2D eigenvalue weighted by Gasteiger charge is 2.20. The zero-order valence-corrected chi connectivity index (χ0v) is 17.4. The minimum absolute atomic E-state index is 0.0938. The van der Waals surface area contributed by atoms with Crippen LogP contribution < -0.4 is 10.2 Å². The van der Waals surface area contributed by atoms with Crippen molar-refractivity contribution in [2.45, 2.75) is 32.2 Å². The lowest BCUT2D eigenvalue weighted by Gasteiger charge is -2.26. The molecule has 2 N–H and O–H groups in total. The molecule has 1 saturated heterocycles. The fourth-order valence-electron chi connectivity index (χ4n) is 4.07. The fourth-order valence-corrected chi connectivity index (χ4v) is 4.24. The van der Waals surface area contributed by atoms with Crippen LogP contribution in [0.3, 0.4) is 0 Å². The second-order valence-electron chi connectivity index (χ2n) is 7.82. The number of benzene rings is 1. The number of piperidine rings is 1. The Kier molecular flexibility index (Phi) is 6.07. The molecular weight excluding hydrogens is 384 g/mol. The molecular formula is C23H26ClN4O+. The molecule has 1 aromatic carbocycles. The Morgan fingerprint density at radius 1 is 1.14 bits per heavy atom. The number of aromatic nitrogens is 2. The minimum Gasteiger partial charge on any atom is -0.344 e. The van der Waals surface area contributed by atoms with Gasteiger partial charge in [0, 0.05) is 16.6 Å². The van der Waals surface area contributed by atoms with Gasteiger partial charge in [0.1, 0.15) is 0 Å². The van der Waals surface area contributed by atoms with Crippen molar-refractivity contribution in [1.29, 1.82) is 0 Å². The summed E-state index contributed by atoms with van der Waals surface area (Å²) < 4.78 is 0. The van der Waals surface area contributed by atoms with Crippen molar-refractivity contribution < 1.29 is 9.69 Å². The number of likely N-dealkylation sites (tertiary alicyclic amines) is 1. The standard InChI is InChI=1S/C23H25ClN4O/c1-16(15-28-11-5-2-6-12-28)26-23(29)19-14-22(21-7-3-4-10-25-21)27-20-9-8-17(24)13-18(19)20/h3-4,7-10,13-14,16H,2,5-6,11-12,15H2,1H3,(H,26,29)/p+1/t16-/m1/s1. The molecule has 0 saturated carbocycles. The van der Waals surface area contributed by atoms with E-state index in [0.717, 1.165) is 23.1 Å². The van der Waals surface area contributed by atoms with E-state index in [1.54, 1.807) is 17.2 Å². The van der Waals surface area contributed by atoms with Gasteiger partial charge in [-0.05, 0) is 62.6 Å². The van der Waals surface area contributed by atoms with Crippen LogP contribution in [0, 0.1) is 0 Å². The van der Waals surface area contributed by atoms with E-state index in [0.29, 0.717) is 16.3 Å². The Hall–Kier alpha value is -2.50. The first kappa shape index (κ1) is 19.8. The molecule has 150 valence electrons. The lowest BCUT2D eigenvalue weighted by atomic mass is 10.0. The van der Waals surface area contributed by atoms with Crippen molar-refractivity contribution in [2.75, 3.05) is 19.6 Å². The number of rotatable bonds is 5. The first-order valence-corrected chi connectivity index (χ1v) is 10.6. The normalized spacial score (nSPS) is 15.9. The van der Waals surface area contributed by atoms with E-state index in [9.17, 15) is 4.79 Å². The van der Waals surface area contributed by atoms with Gasteiger partial charge < -0.3 is 10.2 Å². The van der Waals surface area contributed by atoms with Crippen molar-refractivity contribution in [3.63, 3.8) is 0 Å². The summed E-state index contributed by atoms with van der Waals surface area (Å²) in [5.74, 6) is -0.0965. The van der Waals surface area contributed by atoms with Crippen molar-refractivity contribution in [3.8, 4) is 11.4 Å². The number of hydrogen-bond donors (Lipinski definition) is 2. The third kappa shape index (κ3) is 4.74. The second-order valence-corrected chi connectivity index (χ2v) is 8.26. The Morgan fingerprint density at radius 2 is 1.97 bits per heavy atom. The van der Waals surface area contributed by atoms with Crippen molar-refractivity contribution in [3.05, 3.63) is 59.2 Å². The number of hydrogen-bond acceptors (Lipinski definition) is 3. The predicted molar refractivity (Wildman–Crippen MR) is 116 cm³/mol. The molecule has 2 aromatic heterocycles. The van der Waals surface area contributed by atoms with E-state index in [1.165, 1.54) is 32.4 Å². The van der Waals surface area contributed by atoms with Gasteiger partial charge in [0.2, 0.25) is 0 Å². The van der Waals surface area contributed by atoms with Gasteiger partial charge in [-0.3, -0.25) is 9.78 Å². The third-order valence-corrected chi connectivity index (χ3v) is 5.71. The van der Waals surface area contributed by atoms with Crippen LogP contribution in [-0.4, -0.2) is 41.6 Å². The van der Waals surface area contributed by atoms with Gasteiger partial charge in [-0.1, -0.05) is 17.7 Å². The molecule has 6 heteroatoms. The molecule has 0 unspecified atom stereocenters. The zero-order chi connectivity index (χ0) is 20.2. The quantitative estimate of drug-likeness (QED) is 0.680. The van der Waals surface area contributed by atoms with E-state index in [-0.39, 0.29) is 11.9 Å². The highest BCUT2D eigenvalue weighted by Crippen LogP contribution is 2.26. The number of nitrogens with one attached hydrogen (secondary N) is 2. The number of fused-ring (bicyclic) bond motifs is 1. The van der Waals surface area contributed by atoms with Crippen LogP contribution in [0.15, 0.2) is 48.7 Å². The van der Waals surface area contributed by atoms with Gasteiger partial charge in [-0.2, -0.15) is 0 Å². The van der Waals surface area contributed by atoms with Crippen LogP contribution in [-0.2, 0) is 0 Å². The first-order valence-electron chi connectivity index (χ1n) is 10.3. The molecule has 0 spiro atoms. The molecule has 0 aliphatic carbocycles. The van der Waals surface area contributed by atoms with Crippen LogP contribution in [0.4, 0.5) is 0 Å². The van der Waals surface area contributed by atoms with Crippen molar-refractivity contribution in [1.82, 2.24) is 15.3 Å². The third-order valence-electron chi connectivity index (χ3n) is 5.48. The summed E-state index contributed by atoms with van der Waals surface area (Å²) in [5, 5.41) is 4.53. The predicted octanol–water partition coefficient (Wildman–Crippen LogP) is 3.14. The van der Waals surface area contributed by atoms with Crippen LogP contribution in [0.2, 0.25) is 5.02 Å². The maximum atomic E-state index is 13.2. The molecule has 1 fully saturated rings. The summed E-state index contributed by atoms with van der Waals surface area (Å²) in [7, 11) is 0. The summed E-state index contributed by atoms with van der Waals surface area (Å²) >= 11 is 6.21. The molecule has 1 aliphatic rings. The minimum atomic E-state index is -0.0965. The second kappa shape index (κ2) is 8.89. The molecule has 1 amide bonds. The number of quaternary nitrogens is 1. The van der Waals surface area contributed by atoms with Gasteiger partial charge in [0.05, 0.1) is 48.1 Å².